The van der Waals surface area contributed by atoms with Gasteiger partial charge in [0.2, 0.25) is 0 Å². The van der Waals surface area contributed by atoms with Crippen molar-refractivity contribution < 1.29 is 0 Å². The normalized spacial score (nSPS) is 12.2. The minimum atomic E-state index is -0.319. The highest BCUT2D eigenvalue weighted by atomic mass is 35.5. The Bertz CT molecular complexity index is 597. The van der Waals surface area contributed by atoms with Gasteiger partial charge in [-0.3, -0.25) is 9.78 Å². The van der Waals surface area contributed by atoms with Crippen LogP contribution in [0.2, 0.25) is 5.02 Å². The van der Waals surface area contributed by atoms with Crippen molar-refractivity contribution in [1.82, 2.24) is 14.8 Å². The van der Waals surface area contributed by atoms with Crippen molar-refractivity contribution in [3.63, 3.8) is 0 Å². The van der Waals surface area contributed by atoms with E-state index >= 15 is 0 Å². The first-order valence-corrected chi connectivity index (χ1v) is 5.85. The van der Waals surface area contributed by atoms with Crippen molar-refractivity contribution in [3.8, 4) is 0 Å². The summed E-state index contributed by atoms with van der Waals surface area (Å²) in [4.78, 5) is 15.7. The van der Waals surface area contributed by atoms with Crippen LogP contribution in [-0.2, 0) is 7.05 Å². The molecule has 2 rings (SSSR count). The van der Waals surface area contributed by atoms with E-state index in [0.717, 1.165) is 5.56 Å². The second kappa shape index (κ2) is 5.18. The summed E-state index contributed by atoms with van der Waals surface area (Å²) < 4.78 is 1.20. The molecule has 0 bridgehead atoms. The molecule has 5 nitrogen and oxygen atoms in total. The van der Waals surface area contributed by atoms with Crippen LogP contribution in [0.15, 0.2) is 35.5 Å². The molecule has 0 aliphatic carbocycles. The second-order valence-electron chi connectivity index (χ2n) is 3.95. The Morgan fingerprint density at radius 3 is 2.89 bits per heavy atom. The Morgan fingerprint density at radius 1 is 1.44 bits per heavy atom. The molecular weight excluding hydrogens is 252 g/mol. The molecule has 0 aromatic carbocycles. The van der Waals surface area contributed by atoms with E-state index in [-0.39, 0.29) is 16.6 Å². The van der Waals surface area contributed by atoms with E-state index in [9.17, 15) is 4.79 Å². The van der Waals surface area contributed by atoms with Gasteiger partial charge in [-0.15, -0.1) is 0 Å². The van der Waals surface area contributed by atoms with Gasteiger partial charge in [0.1, 0.15) is 5.02 Å². The molecule has 94 valence electrons. The molecule has 0 radical (unpaired) electrons. The van der Waals surface area contributed by atoms with Crippen LogP contribution in [0.1, 0.15) is 18.5 Å². The molecule has 0 saturated heterocycles. The summed E-state index contributed by atoms with van der Waals surface area (Å²) in [6, 6.07) is 3.80. The molecule has 0 spiro atoms. The summed E-state index contributed by atoms with van der Waals surface area (Å²) in [5.74, 6) is 0. The number of nitrogens with zero attached hydrogens (tertiary/aromatic N) is 3. The van der Waals surface area contributed by atoms with Gasteiger partial charge in [0.15, 0.2) is 0 Å². The minimum absolute atomic E-state index is 0.00916. The number of halogens is 1. The Hall–Kier alpha value is -1.88. The lowest BCUT2D eigenvalue weighted by molar-refractivity contribution is 0.706. The molecule has 0 amide bonds. The third kappa shape index (κ3) is 2.51. The SMILES string of the molecule is CC(Nc1cnn(C)c(=O)c1Cl)c1cccnc1. The van der Waals surface area contributed by atoms with Gasteiger partial charge in [0.25, 0.3) is 5.56 Å². The summed E-state index contributed by atoms with van der Waals surface area (Å²) in [5, 5.41) is 7.22. The lowest BCUT2D eigenvalue weighted by atomic mass is 10.1. The van der Waals surface area contributed by atoms with Crippen molar-refractivity contribution in [2.75, 3.05) is 5.32 Å². The molecule has 1 unspecified atom stereocenters. The van der Waals surface area contributed by atoms with Gasteiger partial charge in [-0.05, 0) is 18.6 Å². The molecule has 6 heteroatoms. The lowest BCUT2D eigenvalue weighted by Crippen LogP contribution is -2.21. The van der Waals surface area contributed by atoms with Crippen molar-refractivity contribution in [2.24, 2.45) is 7.05 Å². The van der Waals surface area contributed by atoms with Gasteiger partial charge in [-0.2, -0.15) is 5.10 Å². The van der Waals surface area contributed by atoms with Crippen molar-refractivity contribution in [3.05, 3.63) is 51.7 Å². The second-order valence-corrected chi connectivity index (χ2v) is 4.33. The van der Waals surface area contributed by atoms with E-state index in [1.807, 2.05) is 19.1 Å². The summed E-state index contributed by atoms with van der Waals surface area (Å²) in [5.41, 5.74) is 1.21. The molecule has 1 N–H and O–H groups in total. The Labute approximate surface area is 109 Å². The monoisotopic (exact) mass is 264 g/mol. The molecule has 18 heavy (non-hydrogen) atoms. The van der Waals surface area contributed by atoms with Crippen LogP contribution in [0.3, 0.4) is 0 Å². The third-order valence-electron chi connectivity index (χ3n) is 2.63. The van der Waals surface area contributed by atoms with Gasteiger partial charge in [0, 0.05) is 19.4 Å². The Kier molecular flexibility index (Phi) is 3.62. The number of hydrogen-bond donors (Lipinski definition) is 1. The zero-order valence-corrected chi connectivity index (χ0v) is 10.8. The standard InChI is InChI=1S/C12H13ClN4O/c1-8(9-4-3-5-14-6-9)16-10-7-15-17(2)12(18)11(10)13/h3-8,16H,1-2H3. The molecular formula is C12H13ClN4O. The Balaban J connectivity index is 2.25. The summed E-state index contributed by atoms with van der Waals surface area (Å²) in [7, 11) is 1.56. The summed E-state index contributed by atoms with van der Waals surface area (Å²) in [6.07, 6.45) is 5.01. The molecule has 1 atom stereocenters. The largest absolute Gasteiger partial charge is 0.376 e. The average Bonchev–Trinajstić information content (AvgIpc) is 2.40. The van der Waals surface area contributed by atoms with Crippen molar-refractivity contribution in [1.29, 1.82) is 0 Å². The number of anilines is 1. The van der Waals surface area contributed by atoms with Crippen LogP contribution in [0.4, 0.5) is 5.69 Å². The fourth-order valence-electron chi connectivity index (χ4n) is 1.56. The number of nitrogens with one attached hydrogen (secondary N) is 1. The van der Waals surface area contributed by atoms with E-state index in [1.165, 1.54) is 10.9 Å². The zero-order chi connectivity index (χ0) is 13.1. The number of pyridine rings is 1. The molecule has 0 aliphatic heterocycles. The molecule has 2 heterocycles. The number of aryl methyl sites for hydroxylation is 1. The maximum Gasteiger partial charge on any atom is 0.287 e. The van der Waals surface area contributed by atoms with E-state index in [2.05, 4.69) is 15.4 Å². The first kappa shape index (κ1) is 12.6. The molecule has 0 fully saturated rings. The molecule has 0 saturated carbocycles. The van der Waals surface area contributed by atoms with Crippen molar-refractivity contribution >= 4 is 17.3 Å². The van der Waals surface area contributed by atoms with Crippen LogP contribution in [-0.4, -0.2) is 14.8 Å². The predicted octanol–water partition coefficient (Wildman–Crippen LogP) is 2.00. The first-order chi connectivity index (χ1) is 8.59. The molecule has 0 aliphatic rings. The zero-order valence-electron chi connectivity index (χ0n) is 10.1. The van der Waals surface area contributed by atoms with E-state index in [4.69, 9.17) is 11.6 Å². The fraction of sp³-hybridized carbons (Fsp3) is 0.250. The van der Waals surface area contributed by atoms with Gasteiger partial charge in [0.05, 0.1) is 17.9 Å². The maximum atomic E-state index is 11.6. The van der Waals surface area contributed by atoms with Crippen LogP contribution >= 0.6 is 11.6 Å². The van der Waals surface area contributed by atoms with Gasteiger partial charge in [-0.1, -0.05) is 17.7 Å². The number of rotatable bonds is 3. The van der Waals surface area contributed by atoms with Crippen LogP contribution in [0.25, 0.3) is 0 Å². The highest BCUT2D eigenvalue weighted by Gasteiger charge is 2.11. The van der Waals surface area contributed by atoms with Crippen LogP contribution in [0, 0.1) is 0 Å². The third-order valence-corrected chi connectivity index (χ3v) is 3.00. The van der Waals surface area contributed by atoms with Gasteiger partial charge in [-0.25, -0.2) is 4.68 Å². The fourth-order valence-corrected chi connectivity index (χ4v) is 1.79. The highest BCUT2D eigenvalue weighted by Crippen LogP contribution is 2.21. The first-order valence-electron chi connectivity index (χ1n) is 5.48. The number of hydrogen-bond acceptors (Lipinski definition) is 4. The Morgan fingerprint density at radius 2 is 2.22 bits per heavy atom. The van der Waals surface area contributed by atoms with E-state index in [0.29, 0.717) is 5.69 Å². The molecule has 2 aromatic rings. The van der Waals surface area contributed by atoms with Crippen molar-refractivity contribution in [2.45, 2.75) is 13.0 Å². The minimum Gasteiger partial charge on any atom is -0.376 e. The maximum absolute atomic E-state index is 11.6. The summed E-state index contributed by atoms with van der Waals surface area (Å²) in [6.45, 7) is 1.96. The van der Waals surface area contributed by atoms with Gasteiger partial charge < -0.3 is 5.32 Å². The molecule has 2 aromatic heterocycles. The van der Waals surface area contributed by atoms with Crippen LogP contribution < -0.4 is 10.9 Å². The smallest absolute Gasteiger partial charge is 0.287 e. The average molecular weight is 265 g/mol. The van der Waals surface area contributed by atoms with Crippen LogP contribution in [0.5, 0.6) is 0 Å². The summed E-state index contributed by atoms with van der Waals surface area (Å²) >= 11 is 5.98. The predicted molar refractivity (Wildman–Crippen MR) is 70.8 cm³/mol. The quantitative estimate of drug-likeness (QED) is 0.921. The van der Waals surface area contributed by atoms with E-state index < -0.39 is 0 Å². The lowest BCUT2D eigenvalue weighted by Gasteiger charge is -2.15. The highest BCUT2D eigenvalue weighted by molar-refractivity contribution is 6.32. The topological polar surface area (TPSA) is 59.8 Å². The van der Waals surface area contributed by atoms with Gasteiger partial charge >= 0.3 is 0 Å². The number of aromatic nitrogens is 3. The van der Waals surface area contributed by atoms with E-state index in [1.54, 1.807) is 19.4 Å².